The van der Waals surface area contributed by atoms with Crippen LogP contribution in [0, 0.1) is 13.8 Å². The van der Waals surface area contributed by atoms with Gasteiger partial charge in [0.1, 0.15) is 18.0 Å². The van der Waals surface area contributed by atoms with Gasteiger partial charge in [-0.25, -0.2) is 0 Å². The first-order valence-corrected chi connectivity index (χ1v) is 6.73. The zero-order valence-corrected chi connectivity index (χ0v) is 12.0. The van der Waals surface area contributed by atoms with Gasteiger partial charge in [-0.2, -0.15) is 0 Å². The van der Waals surface area contributed by atoms with E-state index in [-0.39, 0.29) is 13.2 Å². The quantitative estimate of drug-likeness (QED) is 0.878. The van der Waals surface area contributed by atoms with Crippen molar-refractivity contribution in [2.75, 3.05) is 13.2 Å². The van der Waals surface area contributed by atoms with Crippen molar-refractivity contribution in [1.82, 2.24) is 0 Å². The van der Waals surface area contributed by atoms with Crippen LogP contribution in [0.4, 0.5) is 0 Å². The summed E-state index contributed by atoms with van der Waals surface area (Å²) >= 11 is 0. The predicted octanol–water partition coefficient (Wildman–Crippen LogP) is 2.53. The minimum atomic E-state index is -1.17. The molecule has 1 unspecified atom stereocenters. The normalized spacial score (nSPS) is 13.8. The lowest BCUT2D eigenvalue weighted by Gasteiger charge is -2.27. The summed E-state index contributed by atoms with van der Waals surface area (Å²) in [5.74, 6) is 0.785. The van der Waals surface area contributed by atoms with Gasteiger partial charge in [-0.15, -0.1) is 0 Å². The highest BCUT2D eigenvalue weighted by Crippen LogP contribution is 2.24. The molecule has 0 aliphatic carbocycles. The minimum Gasteiger partial charge on any atom is -0.490 e. The molecule has 0 aromatic heterocycles. The summed E-state index contributed by atoms with van der Waals surface area (Å²) in [5, 5.41) is 10.7. The van der Waals surface area contributed by atoms with Gasteiger partial charge in [-0.3, -0.25) is 0 Å². The van der Waals surface area contributed by atoms with Crippen LogP contribution in [0.1, 0.15) is 16.7 Å². The summed E-state index contributed by atoms with van der Waals surface area (Å²) in [5.41, 5.74) is 7.51. The molecule has 0 amide bonds. The fourth-order valence-electron chi connectivity index (χ4n) is 2.07. The Kier molecular flexibility index (Phi) is 4.42. The molecule has 106 valence electrons. The second-order valence-corrected chi connectivity index (χ2v) is 5.16. The van der Waals surface area contributed by atoms with E-state index in [4.69, 9.17) is 10.5 Å². The fourth-order valence-corrected chi connectivity index (χ4v) is 2.07. The summed E-state index contributed by atoms with van der Waals surface area (Å²) in [4.78, 5) is 0. The van der Waals surface area contributed by atoms with Crippen LogP contribution in [0.15, 0.2) is 48.5 Å². The third-order valence-corrected chi connectivity index (χ3v) is 3.46. The fraction of sp³-hybridized carbons (Fsp3) is 0.294. The molecule has 2 aromatic carbocycles. The molecule has 0 radical (unpaired) electrons. The third-order valence-electron chi connectivity index (χ3n) is 3.46. The van der Waals surface area contributed by atoms with Crippen LogP contribution in [0.2, 0.25) is 0 Å². The van der Waals surface area contributed by atoms with Gasteiger partial charge >= 0.3 is 0 Å². The Morgan fingerprint density at radius 1 is 1.10 bits per heavy atom. The van der Waals surface area contributed by atoms with Gasteiger partial charge < -0.3 is 15.6 Å². The Morgan fingerprint density at radius 2 is 1.80 bits per heavy atom. The van der Waals surface area contributed by atoms with Crippen molar-refractivity contribution < 1.29 is 9.84 Å². The van der Waals surface area contributed by atoms with E-state index in [9.17, 15) is 5.11 Å². The van der Waals surface area contributed by atoms with Crippen LogP contribution in [0.5, 0.6) is 5.75 Å². The van der Waals surface area contributed by atoms with Crippen molar-refractivity contribution in [1.29, 1.82) is 0 Å². The minimum absolute atomic E-state index is 0.113. The van der Waals surface area contributed by atoms with Crippen LogP contribution in [-0.2, 0) is 5.60 Å². The standard InChI is InChI=1S/C17H21NO2/c1-13-8-9-14(2)16(10-13)20-12-17(19,11-18)15-6-4-3-5-7-15/h3-10,19H,11-12,18H2,1-2H3. The Balaban J connectivity index is 2.17. The molecule has 2 rings (SSSR count). The van der Waals surface area contributed by atoms with Crippen LogP contribution >= 0.6 is 0 Å². The highest BCUT2D eigenvalue weighted by atomic mass is 16.5. The lowest BCUT2D eigenvalue weighted by molar-refractivity contribution is -0.00165. The lowest BCUT2D eigenvalue weighted by Crippen LogP contribution is -2.40. The first-order valence-electron chi connectivity index (χ1n) is 6.73. The Morgan fingerprint density at radius 3 is 2.45 bits per heavy atom. The van der Waals surface area contributed by atoms with Gasteiger partial charge in [-0.05, 0) is 36.6 Å². The largest absolute Gasteiger partial charge is 0.490 e. The van der Waals surface area contributed by atoms with Crippen molar-refractivity contribution in [3.05, 3.63) is 65.2 Å². The molecule has 0 fully saturated rings. The van der Waals surface area contributed by atoms with Crippen LogP contribution < -0.4 is 10.5 Å². The van der Waals surface area contributed by atoms with Gasteiger partial charge in [-0.1, -0.05) is 42.5 Å². The molecule has 3 N–H and O–H groups in total. The van der Waals surface area contributed by atoms with Crippen LogP contribution in [0.25, 0.3) is 0 Å². The zero-order valence-electron chi connectivity index (χ0n) is 12.0. The van der Waals surface area contributed by atoms with Gasteiger partial charge in [0.05, 0.1) is 0 Å². The Labute approximate surface area is 120 Å². The van der Waals surface area contributed by atoms with Crippen LogP contribution in [-0.4, -0.2) is 18.3 Å². The van der Waals surface area contributed by atoms with Gasteiger partial charge in [0.25, 0.3) is 0 Å². The van der Waals surface area contributed by atoms with Gasteiger partial charge in [0.15, 0.2) is 0 Å². The Bertz CT molecular complexity index is 568. The maximum absolute atomic E-state index is 10.7. The van der Waals surface area contributed by atoms with Crippen molar-refractivity contribution in [2.24, 2.45) is 5.73 Å². The van der Waals surface area contributed by atoms with E-state index in [1.807, 2.05) is 62.4 Å². The van der Waals surface area contributed by atoms with E-state index in [1.54, 1.807) is 0 Å². The molecule has 2 aromatic rings. The highest BCUT2D eigenvalue weighted by Gasteiger charge is 2.28. The molecule has 0 heterocycles. The molecular formula is C17H21NO2. The van der Waals surface area contributed by atoms with Crippen molar-refractivity contribution in [2.45, 2.75) is 19.4 Å². The van der Waals surface area contributed by atoms with Crippen molar-refractivity contribution in [3.8, 4) is 5.75 Å². The maximum atomic E-state index is 10.7. The van der Waals surface area contributed by atoms with E-state index in [0.29, 0.717) is 0 Å². The maximum Gasteiger partial charge on any atom is 0.136 e. The summed E-state index contributed by atoms with van der Waals surface area (Å²) in [6, 6.07) is 15.4. The predicted molar refractivity (Wildman–Crippen MR) is 80.8 cm³/mol. The number of aliphatic hydroxyl groups is 1. The first-order chi connectivity index (χ1) is 9.55. The van der Waals surface area contributed by atoms with E-state index < -0.39 is 5.60 Å². The van der Waals surface area contributed by atoms with Gasteiger partial charge in [0.2, 0.25) is 0 Å². The zero-order chi connectivity index (χ0) is 14.6. The SMILES string of the molecule is Cc1ccc(C)c(OCC(O)(CN)c2ccccc2)c1. The average molecular weight is 271 g/mol. The second-order valence-electron chi connectivity index (χ2n) is 5.16. The number of aryl methyl sites for hydroxylation is 2. The molecule has 0 spiro atoms. The molecule has 0 saturated carbocycles. The topological polar surface area (TPSA) is 55.5 Å². The Hall–Kier alpha value is -1.84. The summed E-state index contributed by atoms with van der Waals surface area (Å²) in [6.45, 7) is 4.25. The molecular weight excluding hydrogens is 250 g/mol. The monoisotopic (exact) mass is 271 g/mol. The highest BCUT2D eigenvalue weighted by molar-refractivity contribution is 5.36. The molecule has 3 heteroatoms. The lowest BCUT2D eigenvalue weighted by atomic mass is 9.95. The van der Waals surface area contributed by atoms with E-state index in [1.165, 1.54) is 0 Å². The number of benzene rings is 2. The molecule has 0 saturated heterocycles. The molecule has 20 heavy (non-hydrogen) atoms. The molecule has 0 aliphatic heterocycles. The average Bonchev–Trinajstić information content (AvgIpc) is 2.49. The number of rotatable bonds is 5. The number of hydrogen-bond acceptors (Lipinski definition) is 3. The third kappa shape index (κ3) is 3.18. The molecule has 1 atom stereocenters. The smallest absolute Gasteiger partial charge is 0.136 e. The van der Waals surface area contributed by atoms with Crippen LogP contribution in [0.3, 0.4) is 0 Å². The molecule has 3 nitrogen and oxygen atoms in total. The van der Waals surface area contributed by atoms with E-state index in [0.717, 1.165) is 22.4 Å². The number of hydrogen-bond donors (Lipinski definition) is 2. The van der Waals surface area contributed by atoms with Gasteiger partial charge in [0, 0.05) is 6.54 Å². The number of nitrogens with two attached hydrogens (primary N) is 1. The number of ether oxygens (including phenoxy) is 1. The van der Waals surface area contributed by atoms with E-state index >= 15 is 0 Å². The molecule has 0 bridgehead atoms. The van der Waals surface area contributed by atoms with Crippen molar-refractivity contribution in [3.63, 3.8) is 0 Å². The molecule has 0 aliphatic rings. The summed E-state index contributed by atoms with van der Waals surface area (Å²) in [6.07, 6.45) is 0. The van der Waals surface area contributed by atoms with Crippen molar-refractivity contribution >= 4 is 0 Å². The summed E-state index contributed by atoms with van der Waals surface area (Å²) in [7, 11) is 0. The summed E-state index contributed by atoms with van der Waals surface area (Å²) < 4.78 is 5.80. The second kappa shape index (κ2) is 6.07. The van der Waals surface area contributed by atoms with E-state index in [2.05, 4.69) is 0 Å². The first kappa shape index (κ1) is 14.6.